The van der Waals surface area contributed by atoms with Gasteiger partial charge in [-0.2, -0.15) is 5.10 Å². The average Bonchev–Trinajstić information content (AvgIpc) is 2.66. The Morgan fingerprint density at radius 2 is 2.16 bits per heavy atom. The SMILES string of the molecule is COCCn1ncc(Cl)c1C(=O)CC(C)C(C)(C)C. The van der Waals surface area contributed by atoms with E-state index >= 15 is 0 Å². The first-order chi connectivity index (χ1) is 8.77. The number of hydrogen-bond acceptors (Lipinski definition) is 3. The van der Waals surface area contributed by atoms with Crippen molar-refractivity contribution in [3.05, 3.63) is 16.9 Å². The zero-order valence-corrected chi connectivity index (χ0v) is 13.1. The minimum absolute atomic E-state index is 0.0426. The Morgan fingerprint density at radius 1 is 1.53 bits per heavy atom. The second-order valence-electron chi connectivity index (χ2n) is 5.95. The van der Waals surface area contributed by atoms with Crippen molar-refractivity contribution in [2.45, 2.75) is 40.7 Å². The van der Waals surface area contributed by atoms with Gasteiger partial charge in [-0.3, -0.25) is 9.48 Å². The Kier molecular flexibility index (Phi) is 5.56. The quantitative estimate of drug-likeness (QED) is 0.753. The number of nitrogens with zero attached hydrogens (tertiary/aromatic N) is 2. The van der Waals surface area contributed by atoms with Gasteiger partial charge in [0.2, 0.25) is 0 Å². The highest BCUT2D eigenvalue weighted by atomic mass is 35.5. The first-order valence-corrected chi connectivity index (χ1v) is 6.88. The molecule has 19 heavy (non-hydrogen) atoms. The minimum Gasteiger partial charge on any atom is -0.383 e. The number of methoxy groups -OCH3 is 1. The molecule has 4 nitrogen and oxygen atoms in total. The molecular weight excluding hydrogens is 264 g/mol. The number of carbonyl (C=O) groups excluding carboxylic acids is 1. The van der Waals surface area contributed by atoms with Crippen molar-refractivity contribution in [3.8, 4) is 0 Å². The Bertz CT molecular complexity index is 435. The Morgan fingerprint density at radius 3 is 2.68 bits per heavy atom. The van der Waals surface area contributed by atoms with Gasteiger partial charge in [-0.1, -0.05) is 39.3 Å². The Labute approximate surface area is 120 Å². The van der Waals surface area contributed by atoms with Crippen LogP contribution < -0.4 is 0 Å². The number of ketones is 1. The van der Waals surface area contributed by atoms with E-state index in [-0.39, 0.29) is 17.1 Å². The molecule has 0 bridgehead atoms. The molecule has 108 valence electrons. The summed E-state index contributed by atoms with van der Waals surface area (Å²) >= 11 is 6.07. The summed E-state index contributed by atoms with van der Waals surface area (Å²) < 4.78 is 6.64. The molecular formula is C14H23ClN2O2. The van der Waals surface area contributed by atoms with Gasteiger partial charge in [0.1, 0.15) is 5.69 Å². The summed E-state index contributed by atoms with van der Waals surface area (Å²) in [4.78, 5) is 12.4. The predicted molar refractivity (Wildman–Crippen MR) is 76.7 cm³/mol. The number of Topliss-reactive ketones (excluding diaryl/α,β-unsaturated/α-hetero) is 1. The van der Waals surface area contributed by atoms with Gasteiger partial charge in [0.25, 0.3) is 0 Å². The van der Waals surface area contributed by atoms with Crippen molar-refractivity contribution in [2.75, 3.05) is 13.7 Å². The van der Waals surface area contributed by atoms with Crippen LogP contribution in [0.5, 0.6) is 0 Å². The Hall–Kier alpha value is -0.870. The molecule has 1 heterocycles. The summed E-state index contributed by atoms with van der Waals surface area (Å²) in [5, 5.41) is 4.55. The van der Waals surface area contributed by atoms with Crippen LogP contribution in [0.25, 0.3) is 0 Å². The summed E-state index contributed by atoms with van der Waals surface area (Å²) in [5.74, 6) is 0.322. The molecule has 1 aromatic rings. The topological polar surface area (TPSA) is 44.1 Å². The van der Waals surface area contributed by atoms with E-state index in [1.807, 2.05) is 0 Å². The normalized spacial score (nSPS) is 13.6. The van der Waals surface area contributed by atoms with E-state index in [9.17, 15) is 4.79 Å². The molecule has 0 aliphatic heterocycles. The van der Waals surface area contributed by atoms with Gasteiger partial charge in [0.05, 0.1) is 24.4 Å². The lowest BCUT2D eigenvalue weighted by Gasteiger charge is -2.26. The number of hydrogen-bond donors (Lipinski definition) is 0. The maximum Gasteiger partial charge on any atom is 0.182 e. The highest BCUT2D eigenvalue weighted by molar-refractivity contribution is 6.33. The molecule has 0 fully saturated rings. The van der Waals surface area contributed by atoms with E-state index in [4.69, 9.17) is 16.3 Å². The third-order valence-electron chi connectivity index (χ3n) is 3.54. The van der Waals surface area contributed by atoms with Gasteiger partial charge < -0.3 is 4.74 Å². The molecule has 0 radical (unpaired) electrons. The van der Waals surface area contributed by atoms with Crippen LogP contribution in [0.2, 0.25) is 5.02 Å². The lowest BCUT2D eigenvalue weighted by Crippen LogP contribution is -2.22. The van der Waals surface area contributed by atoms with Gasteiger partial charge >= 0.3 is 0 Å². The molecule has 5 heteroatoms. The van der Waals surface area contributed by atoms with Crippen LogP contribution >= 0.6 is 11.6 Å². The van der Waals surface area contributed by atoms with Crippen molar-refractivity contribution in [1.82, 2.24) is 9.78 Å². The first kappa shape index (κ1) is 16.2. The molecule has 0 N–H and O–H groups in total. The van der Waals surface area contributed by atoms with Crippen LogP contribution in [0.3, 0.4) is 0 Å². The van der Waals surface area contributed by atoms with Gasteiger partial charge in [0, 0.05) is 13.5 Å². The van der Waals surface area contributed by atoms with Crippen molar-refractivity contribution >= 4 is 17.4 Å². The fourth-order valence-electron chi connectivity index (χ4n) is 1.67. The molecule has 1 atom stereocenters. The Balaban J connectivity index is 2.84. The number of aromatic nitrogens is 2. The highest BCUT2D eigenvalue weighted by Crippen LogP contribution is 2.30. The second-order valence-corrected chi connectivity index (χ2v) is 6.36. The van der Waals surface area contributed by atoms with E-state index < -0.39 is 0 Å². The lowest BCUT2D eigenvalue weighted by atomic mass is 9.79. The van der Waals surface area contributed by atoms with E-state index in [1.165, 1.54) is 6.20 Å². The predicted octanol–water partition coefficient (Wildman–Crippen LogP) is 3.44. The van der Waals surface area contributed by atoms with E-state index in [1.54, 1.807) is 11.8 Å². The van der Waals surface area contributed by atoms with Crippen molar-refractivity contribution in [2.24, 2.45) is 11.3 Å². The number of ether oxygens (including phenoxy) is 1. The number of rotatable bonds is 6. The van der Waals surface area contributed by atoms with Crippen LogP contribution in [0.1, 0.15) is 44.6 Å². The summed E-state index contributed by atoms with van der Waals surface area (Å²) in [5.41, 5.74) is 0.592. The highest BCUT2D eigenvalue weighted by Gasteiger charge is 2.26. The van der Waals surface area contributed by atoms with E-state index in [0.717, 1.165) is 0 Å². The molecule has 1 unspecified atom stereocenters. The van der Waals surface area contributed by atoms with E-state index in [2.05, 4.69) is 32.8 Å². The molecule has 0 saturated carbocycles. The van der Waals surface area contributed by atoms with Crippen LogP contribution in [-0.4, -0.2) is 29.3 Å². The average molecular weight is 287 g/mol. The molecule has 1 rings (SSSR count). The summed E-state index contributed by atoms with van der Waals surface area (Å²) in [7, 11) is 1.62. The third-order valence-corrected chi connectivity index (χ3v) is 3.81. The van der Waals surface area contributed by atoms with Gasteiger partial charge in [0.15, 0.2) is 5.78 Å². The number of carbonyl (C=O) groups is 1. The fraction of sp³-hybridized carbons (Fsp3) is 0.714. The molecule has 0 amide bonds. The summed E-state index contributed by atoms with van der Waals surface area (Å²) in [6, 6.07) is 0. The second kappa shape index (κ2) is 6.53. The van der Waals surface area contributed by atoms with Crippen LogP contribution in [0.4, 0.5) is 0 Å². The molecule has 1 aromatic heterocycles. The fourth-order valence-corrected chi connectivity index (χ4v) is 1.91. The van der Waals surface area contributed by atoms with Crippen molar-refractivity contribution in [1.29, 1.82) is 0 Å². The van der Waals surface area contributed by atoms with Crippen LogP contribution in [0.15, 0.2) is 6.20 Å². The maximum absolute atomic E-state index is 12.4. The largest absolute Gasteiger partial charge is 0.383 e. The molecule has 0 aromatic carbocycles. The summed E-state index contributed by atoms with van der Waals surface area (Å²) in [6.45, 7) is 9.53. The smallest absolute Gasteiger partial charge is 0.182 e. The maximum atomic E-state index is 12.4. The first-order valence-electron chi connectivity index (χ1n) is 6.50. The zero-order chi connectivity index (χ0) is 14.6. The molecule has 0 spiro atoms. The molecule has 0 aliphatic carbocycles. The van der Waals surface area contributed by atoms with Crippen LogP contribution in [-0.2, 0) is 11.3 Å². The lowest BCUT2D eigenvalue weighted by molar-refractivity contribution is 0.0913. The zero-order valence-electron chi connectivity index (χ0n) is 12.4. The van der Waals surface area contributed by atoms with Gasteiger partial charge in [-0.25, -0.2) is 0 Å². The monoisotopic (exact) mass is 286 g/mol. The minimum atomic E-state index is 0.0426. The third kappa shape index (κ3) is 4.32. The van der Waals surface area contributed by atoms with E-state index in [0.29, 0.717) is 30.3 Å². The van der Waals surface area contributed by atoms with Crippen molar-refractivity contribution in [3.63, 3.8) is 0 Å². The van der Waals surface area contributed by atoms with Crippen LogP contribution in [0, 0.1) is 11.3 Å². The number of halogens is 1. The molecule has 0 saturated heterocycles. The summed E-state index contributed by atoms with van der Waals surface area (Å²) in [6.07, 6.45) is 1.99. The van der Waals surface area contributed by atoms with Crippen molar-refractivity contribution < 1.29 is 9.53 Å². The van der Waals surface area contributed by atoms with Gasteiger partial charge in [-0.15, -0.1) is 0 Å². The van der Waals surface area contributed by atoms with Gasteiger partial charge in [-0.05, 0) is 11.3 Å². The molecule has 0 aliphatic rings. The standard InChI is InChI=1S/C14H23ClN2O2/c1-10(14(2,3)4)8-12(18)13-11(15)9-16-17(13)6-7-19-5/h9-10H,6-8H2,1-5H3.